The van der Waals surface area contributed by atoms with Gasteiger partial charge >= 0.3 is 0 Å². The SMILES string of the molecule is CN(CCCNC(=O)CN1CCN(Cc2ccccn2)CC1)c1ccccc1. The number of hydrogen-bond donors (Lipinski definition) is 1. The van der Waals surface area contributed by atoms with E-state index >= 15 is 0 Å². The van der Waals surface area contributed by atoms with Crippen LogP contribution < -0.4 is 10.2 Å². The standard InChI is InChI=1S/C22H31N5O/c1-25(21-9-3-2-4-10-21)13-7-12-24-22(28)19-27-16-14-26(15-17-27)18-20-8-5-6-11-23-20/h2-6,8-11H,7,12-19H2,1H3,(H,24,28). The summed E-state index contributed by atoms with van der Waals surface area (Å²) in [6.45, 7) is 6.83. The van der Waals surface area contributed by atoms with Gasteiger partial charge in [-0.05, 0) is 30.7 Å². The molecule has 150 valence electrons. The molecule has 3 rings (SSSR count). The number of benzene rings is 1. The van der Waals surface area contributed by atoms with E-state index in [9.17, 15) is 4.79 Å². The summed E-state index contributed by atoms with van der Waals surface area (Å²) in [5, 5.41) is 3.06. The molecule has 1 fully saturated rings. The van der Waals surface area contributed by atoms with Crippen LogP contribution in [0.25, 0.3) is 0 Å². The Morgan fingerprint density at radius 2 is 1.75 bits per heavy atom. The van der Waals surface area contributed by atoms with Gasteiger partial charge in [0.2, 0.25) is 5.91 Å². The highest BCUT2D eigenvalue weighted by molar-refractivity contribution is 5.78. The molecule has 6 nitrogen and oxygen atoms in total. The van der Waals surface area contributed by atoms with Gasteiger partial charge in [0.15, 0.2) is 0 Å². The Morgan fingerprint density at radius 1 is 1.04 bits per heavy atom. The molecule has 1 N–H and O–H groups in total. The quantitative estimate of drug-likeness (QED) is 0.672. The molecule has 0 spiro atoms. The van der Waals surface area contributed by atoms with Crippen LogP contribution in [0.2, 0.25) is 0 Å². The lowest BCUT2D eigenvalue weighted by atomic mass is 10.2. The molecular weight excluding hydrogens is 350 g/mol. The maximum absolute atomic E-state index is 12.2. The fourth-order valence-corrected chi connectivity index (χ4v) is 3.44. The first-order valence-corrected chi connectivity index (χ1v) is 10.1. The largest absolute Gasteiger partial charge is 0.375 e. The number of amides is 1. The van der Waals surface area contributed by atoms with E-state index in [1.807, 2.05) is 36.5 Å². The van der Waals surface area contributed by atoms with E-state index in [1.165, 1.54) is 5.69 Å². The maximum Gasteiger partial charge on any atom is 0.234 e. The third kappa shape index (κ3) is 6.62. The molecule has 1 amide bonds. The molecule has 6 heteroatoms. The summed E-state index contributed by atoms with van der Waals surface area (Å²) in [6.07, 6.45) is 2.78. The number of anilines is 1. The smallest absolute Gasteiger partial charge is 0.234 e. The van der Waals surface area contributed by atoms with E-state index in [1.54, 1.807) is 0 Å². The van der Waals surface area contributed by atoms with Crippen molar-refractivity contribution in [1.82, 2.24) is 20.1 Å². The van der Waals surface area contributed by atoms with Crippen molar-refractivity contribution >= 4 is 11.6 Å². The van der Waals surface area contributed by atoms with Crippen molar-refractivity contribution in [3.63, 3.8) is 0 Å². The van der Waals surface area contributed by atoms with Gasteiger partial charge in [-0.15, -0.1) is 0 Å². The van der Waals surface area contributed by atoms with E-state index in [-0.39, 0.29) is 5.91 Å². The minimum absolute atomic E-state index is 0.126. The van der Waals surface area contributed by atoms with Crippen LogP contribution in [-0.2, 0) is 11.3 Å². The average molecular weight is 382 g/mol. The van der Waals surface area contributed by atoms with Crippen LogP contribution in [0.3, 0.4) is 0 Å². The lowest BCUT2D eigenvalue weighted by molar-refractivity contribution is -0.122. The van der Waals surface area contributed by atoms with E-state index in [0.717, 1.165) is 57.9 Å². The molecule has 28 heavy (non-hydrogen) atoms. The number of rotatable bonds is 9. The van der Waals surface area contributed by atoms with E-state index in [4.69, 9.17) is 0 Å². The van der Waals surface area contributed by atoms with E-state index < -0.39 is 0 Å². The van der Waals surface area contributed by atoms with Crippen LogP contribution in [0.1, 0.15) is 12.1 Å². The zero-order chi connectivity index (χ0) is 19.6. The average Bonchev–Trinajstić information content (AvgIpc) is 2.74. The van der Waals surface area contributed by atoms with E-state index in [2.05, 4.69) is 50.2 Å². The second kappa shape index (κ2) is 10.8. The molecule has 1 aromatic heterocycles. The third-order valence-electron chi connectivity index (χ3n) is 5.13. The zero-order valence-corrected chi connectivity index (χ0v) is 16.8. The fourth-order valence-electron chi connectivity index (χ4n) is 3.44. The number of pyridine rings is 1. The summed E-state index contributed by atoms with van der Waals surface area (Å²) >= 11 is 0. The highest BCUT2D eigenvalue weighted by Gasteiger charge is 2.19. The summed E-state index contributed by atoms with van der Waals surface area (Å²) < 4.78 is 0. The molecule has 1 aromatic carbocycles. The van der Waals surface area contributed by atoms with Crippen molar-refractivity contribution in [3.05, 3.63) is 60.4 Å². The summed E-state index contributed by atoms with van der Waals surface area (Å²) in [4.78, 5) is 23.5. The molecule has 0 bridgehead atoms. The van der Waals surface area contributed by atoms with Gasteiger partial charge in [-0.3, -0.25) is 19.6 Å². The Labute approximate surface area is 168 Å². The normalized spacial score (nSPS) is 15.3. The van der Waals surface area contributed by atoms with Crippen LogP contribution in [0.4, 0.5) is 5.69 Å². The second-order valence-electron chi connectivity index (χ2n) is 7.33. The van der Waals surface area contributed by atoms with Gasteiger partial charge in [0.1, 0.15) is 0 Å². The van der Waals surface area contributed by atoms with Crippen molar-refractivity contribution in [2.24, 2.45) is 0 Å². The van der Waals surface area contributed by atoms with Gasteiger partial charge in [0.05, 0.1) is 12.2 Å². The Balaban J connectivity index is 1.27. The number of hydrogen-bond acceptors (Lipinski definition) is 5. The number of para-hydroxylation sites is 1. The zero-order valence-electron chi connectivity index (χ0n) is 16.8. The van der Waals surface area contributed by atoms with Gasteiger partial charge < -0.3 is 10.2 Å². The van der Waals surface area contributed by atoms with Crippen LogP contribution in [0.5, 0.6) is 0 Å². The first kappa shape index (κ1) is 20.3. The molecular formula is C22H31N5O. The molecule has 0 aliphatic carbocycles. The van der Waals surface area contributed by atoms with Gasteiger partial charge in [0.25, 0.3) is 0 Å². The van der Waals surface area contributed by atoms with Crippen LogP contribution in [0.15, 0.2) is 54.7 Å². The number of carbonyl (C=O) groups is 1. The molecule has 0 atom stereocenters. The minimum Gasteiger partial charge on any atom is -0.375 e. The van der Waals surface area contributed by atoms with E-state index in [0.29, 0.717) is 6.54 Å². The Bertz CT molecular complexity index is 701. The summed E-state index contributed by atoms with van der Waals surface area (Å²) in [5.74, 6) is 0.126. The van der Waals surface area contributed by atoms with Gasteiger partial charge in [-0.25, -0.2) is 0 Å². The lowest BCUT2D eigenvalue weighted by Crippen LogP contribution is -2.49. The molecule has 0 radical (unpaired) electrons. The molecule has 1 saturated heterocycles. The van der Waals surface area contributed by atoms with Gasteiger partial charge in [-0.1, -0.05) is 24.3 Å². The maximum atomic E-state index is 12.2. The van der Waals surface area contributed by atoms with Crippen LogP contribution in [0, 0.1) is 0 Å². The Morgan fingerprint density at radius 3 is 2.46 bits per heavy atom. The topological polar surface area (TPSA) is 51.7 Å². The number of piperazine rings is 1. The number of nitrogens with one attached hydrogen (secondary N) is 1. The number of aromatic nitrogens is 1. The molecule has 0 unspecified atom stereocenters. The minimum atomic E-state index is 0.126. The monoisotopic (exact) mass is 381 g/mol. The molecule has 2 aromatic rings. The van der Waals surface area contributed by atoms with Crippen molar-refractivity contribution in [3.8, 4) is 0 Å². The Hall–Kier alpha value is -2.44. The van der Waals surface area contributed by atoms with Crippen LogP contribution >= 0.6 is 0 Å². The van der Waals surface area contributed by atoms with Crippen molar-refractivity contribution in [1.29, 1.82) is 0 Å². The molecule has 1 aliphatic heterocycles. The second-order valence-corrected chi connectivity index (χ2v) is 7.33. The summed E-state index contributed by atoms with van der Waals surface area (Å²) in [5.41, 5.74) is 2.31. The summed E-state index contributed by atoms with van der Waals surface area (Å²) in [7, 11) is 2.08. The number of nitrogens with zero attached hydrogens (tertiary/aromatic N) is 4. The van der Waals surface area contributed by atoms with Gasteiger partial charge in [-0.2, -0.15) is 0 Å². The van der Waals surface area contributed by atoms with Gasteiger partial charge in [0, 0.05) is 64.7 Å². The van der Waals surface area contributed by atoms with Crippen LogP contribution in [-0.4, -0.2) is 73.6 Å². The van der Waals surface area contributed by atoms with Crippen molar-refractivity contribution in [2.75, 3.05) is 57.8 Å². The first-order valence-electron chi connectivity index (χ1n) is 10.1. The highest BCUT2D eigenvalue weighted by Crippen LogP contribution is 2.10. The highest BCUT2D eigenvalue weighted by atomic mass is 16.2. The predicted octanol–water partition coefficient (Wildman–Crippen LogP) is 1.84. The lowest BCUT2D eigenvalue weighted by Gasteiger charge is -2.34. The van der Waals surface area contributed by atoms with Crippen molar-refractivity contribution < 1.29 is 4.79 Å². The third-order valence-corrected chi connectivity index (χ3v) is 5.13. The summed E-state index contributed by atoms with van der Waals surface area (Å²) in [6, 6.07) is 16.4. The first-order chi connectivity index (χ1) is 13.7. The Kier molecular flexibility index (Phi) is 7.82. The molecule has 0 saturated carbocycles. The molecule has 1 aliphatic rings. The van der Waals surface area contributed by atoms with Crippen molar-refractivity contribution in [2.45, 2.75) is 13.0 Å². The molecule has 2 heterocycles. The predicted molar refractivity (Wildman–Crippen MR) is 113 cm³/mol. The number of carbonyl (C=O) groups excluding carboxylic acids is 1. The fraction of sp³-hybridized carbons (Fsp3) is 0.455.